The van der Waals surface area contributed by atoms with Gasteiger partial charge in [-0.15, -0.1) is 0 Å². The van der Waals surface area contributed by atoms with E-state index in [1.807, 2.05) is 11.4 Å². The monoisotopic (exact) mass is 283 g/mol. The minimum Gasteiger partial charge on any atom is -0.376 e. The molecule has 21 heavy (non-hydrogen) atoms. The highest BCUT2D eigenvalue weighted by atomic mass is 16.5. The Kier molecular flexibility index (Phi) is 2.82. The molecule has 1 saturated heterocycles. The van der Waals surface area contributed by atoms with Crippen molar-refractivity contribution in [2.75, 3.05) is 24.6 Å². The smallest absolute Gasteiger partial charge is 0.175 e. The summed E-state index contributed by atoms with van der Waals surface area (Å²) >= 11 is 0. The summed E-state index contributed by atoms with van der Waals surface area (Å²) in [6, 6.07) is 2.17. The predicted molar refractivity (Wildman–Crippen MR) is 77.3 cm³/mol. The topological polar surface area (TPSA) is 66.5 Å². The largest absolute Gasteiger partial charge is 0.376 e. The van der Waals surface area contributed by atoms with Crippen LogP contribution >= 0.6 is 0 Å². The first-order valence-corrected chi connectivity index (χ1v) is 7.42. The zero-order valence-electron chi connectivity index (χ0n) is 12.0. The predicted octanol–water partition coefficient (Wildman–Crippen LogP) is 1.45. The number of fused-ring (bicyclic) bond motifs is 3. The van der Waals surface area contributed by atoms with E-state index in [1.54, 1.807) is 6.20 Å². The minimum absolute atomic E-state index is 0.311. The molecule has 0 aromatic carbocycles. The number of aryl methyl sites for hydroxylation is 1. The highest BCUT2D eigenvalue weighted by Gasteiger charge is 2.29. The molecule has 2 aromatic heterocycles. The van der Waals surface area contributed by atoms with Crippen LogP contribution in [-0.4, -0.2) is 40.4 Å². The molecule has 4 rings (SSSR count). The molecule has 6 heteroatoms. The van der Waals surface area contributed by atoms with Crippen LogP contribution in [0.4, 0.5) is 5.82 Å². The lowest BCUT2D eigenvalue weighted by Crippen LogP contribution is -2.31. The zero-order chi connectivity index (χ0) is 14.4. The molecular formula is C15H17N5O. The second kappa shape index (κ2) is 4.71. The third-order valence-corrected chi connectivity index (χ3v) is 4.42. The third-order valence-electron chi connectivity index (χ3n) is 4.42. The minimum atomic E-state index is 0.311. The Labute approximate surface area is 122 Å². The van der Waals surface area contributed by atoms with Crippen molar-refractivity contribution in [3.05, 3.63) is 23.0 Å². The number of anilines is 1. The van der Waals surface area contributed by atoms with Crippen molar-refractivity contribution in [2.24, 2.45) is 0 Å². The summed E-state index contributed by atoms with van der Waals surface area (Å²) in [5.41, 5.74) is 3.44. The van der Waals surface area contributed by atoms with Gasteiger partial charge in [0.2, 0.25) is 0 Å². The quantitative estimate of drug-likeness (QED) is 0.834. The Morgan fingerprint density at radius 2 is 2.43 bits per heavy atom. The fourth-order valence-electron chi connectivity index (χ4n) is 3.38. The lowest BCUT2D eigenvalue weighted by molar-refractivity contribution is 0.115. The van der Waals surface area contributed by atoms with Crippen LogP contribution in [0, 0.1) is 18.3 Å². The molecule has 0 aliphatic carbocycles. The van der Waals surface area contributed by atoms with Crippen LogP contribution < -0.4 is 4.90 Å². The molecule has 0 radical (unpaired) electrons. The molecule has 4 heterocycles. The fourth-order valence-corrected chi connectivity index (χ4v) is 3.38. The van der Waals surface area contributed by atoms with Gasteiger partial charge in [-0.2, -0.15) is 14.9 Å². The van der Waals surface area contributed by atoms with Crippen LogP contribution in [0.5, 0.6) is 0 Å². The SMILES string of the molecule is Cc1nc2c(C#N)cnn2c2c1CCN2C[C@@H]1CCCO1. The first-order valence-electron chi connectivity index (χ1n) is 7.42. The Bertz CT molecular complexity index is 739. The van der Waals surface area contributed by atoms with Crippen molar-refractivity contribution in [1.29, 1.82) is 5.26 Å². The van der Waals surface area contributed by atoms with E-state index in [2.05, 4.69) is 21.1 Å². The van der Waals surface area contributed by atoms with Crippen molar-refractivity contribution >= 4 is 11.5 Å². The van der Waals surface area contributed by atoms with Gasteiger partial charge in [0.05, 0.1) is 12.3 Å². The number of ether oxygens (including phenoxy) is 1. The van der Waals surface area contributed by atoms with E-state index in [1.165, 1.54) is 5.56 Å². The summed E-state index contributed by atoms with van der Waals surface area (Å²) in [6.45, 7) is 4.75. The highest BCUT2D eigenvalue weighted by molar-refractivity contribution is 5.64. The highest BCUT2D eigenvalue weighted by Crippen LogP contribution is 2.32. The van der Waals surface area contributed by atoms with Crippen LogP contribution in [0.3, 0.4) is 0 Å². The van der Waals surface area contributed by atoms with E-state index >= 15 is 0 Å². The normalized spacial score (nSPS) is 21.0. The van der Waals surface area contributed by atoms with Gasteiger partial charge in [0.15, 0.2) is 5.65 Å². The number of hydrogen-bond donors (Lipinski definition) is 0. The maximum absolute atomic E-state index is 9.18. The summed E-state index contributed by atoms with van der Waals surface area (Å²) in [4.78, 5) is 6.90. The van der Waals surface area contributed by atoms with Crippen LogP contribution in [-0.2, 0) is 11.2 Å². The van der Waals surface area contributed by atoms with Gasteiger partial charge in [0.1, 0.15) is 17.5 Å². The van der Waals surface area contributed by atoms with Gasteiger partial charge in [-0.1, -0.05) is 0 Å². The van der Waals surface area contributed by atoms with E-state index in [0.717, 1.165) is 50.5 Å². The molecule has 1 fully saturated rings. The van der Waals surface area contributed by atoms with E-state index in [9.17, 15) is 5.26 Å². The average Bonchev–Trinajstić information content (AvgIpc) is 3.19. The number of hydrogen-bond acceptors (Lipinski definition) is 5. The Hall–Kier alpha value is -2.13. The number of nitriles is 1. The van der Waals surface area contributed by atoms with Crippen molar-refractivity contribution in [1.82, 2.24) is 14.6 Å². The Balaban J connectivity index is 1.80. The standard InChI is InChI=1S/C15H17N5O/c1-10-13-4-5-19(9-12-3-2-6-21-12)15(13)20-14(18-10)11(7-16)8-17-20/h8,12H,2-6,9H2,1H3/t12-/m0/s1. The van der Waals surface area contributed by atoms with Crippen molar-refractivity contribution in [2.45, 2.75) is 32.3 Å². The van der Waals surface area contributed by atoms with Crippen LogP contribution in [0.15, 0.2) is 6.20 Å². The Morgan fingerprint density at radius 3 is 3.19 bits per heavy atom. The van der Waals surface area contributed by atoms with E-state index in [0.29, 0.717) is 17.3 Å². The molecule has 0 unspecified atom stereocenters. The van der Waals surface area contributed by atoms with Crippen LogP contribution in [0.2, 0.25) is 0 Å². The van der Waals surface area contributed by atoms with Gasteiger partial charge < -0.3 is 9.64 Å². The molecule has 0 N–H and O–H groups in total. The van der Waals surface area contributed by atoms with Gasteiger partial charge in [-0.05, 0) is 26.2 Å². The van der Waals surface area contributed by atoms with Gasteiger partial charge in [0, 0.05) is 31.0 Å². The summed E-state index contributed by atoms with van der Waals surface area (Å²) < 4.78 is 7.58. The number of rotatable bonds is 2. The van der Waals surface area contributed by atoms with E-state index < -0.39 is 0 Å². The maximum Gasteiger partial charge on any atom is 0.175 e. The molecule has 2 aromatic rings. The lowest BCUT2D eigenvalue weighted by atomic mass is 10.2. The number of nitrogens with zero attached hydrogens (tertiary/aromatic N) is 5. The Morgan fingerprint density at radius 1 is 1.52 bits per heavy atom. The molecule has 108 valence electrons. The van der Waals surface area contributed by atoms with Crippen molar-refractivity contribution < 1.29 is 4.74 Å². The zero-order valence-corrected chi connectivity index (χ0v) is 12.0. The van der Waals surface area contributed by atoms with Gasteiger partial charge >= 0.3 is 0 Å². The molecule has 0 saturated carbocycles. The number of aromatic nitrogens is 3. The van der Waals surface area contributed by atoms with Gasteiger partial charge in [0.25, 0.3) is 0 Å². The second-order valence-electron chi connectivity index (χ2n) is 5.74. The van der Waals surface area contributed by atoms with Crippen LogP contribution in [0.1, 0.15) is 29.7 Å². The fraction of sp³-hybridized carbons (Fsp3) is 0.533. The second-order valence-corrected chi connectivity index (χ2v) is 5.74. The lowest BCUT2D eigenvalue weighted by Gasteiger charge is -2.23. The molecule has 0 amide bonds. The molecule has 2 aliphatic heterocycles. The van der Waals surface area contributed by atoms with E-state index in [4.69, 9.17) is 4.74 Å². The van der Waals surface area contributed by atoms with Crippen LogP contribution in [0.25, 0.3) is 5.65 Å². The molecule has 0 spiro atoms. The molecular weight excluding hydrogens is 266 g/mol. The van der Waals surface area contributed by atoms with Gasteiger partial charge in [-0.25, -0.2) is 4.98 Å². The van der Waals surface area contributed by atoms with Crippen molar-refractivity contribution in [3.63, 3.8) is 0 Å². The average molecular weight is 283 g/mol. The molecule has 1 atom stereocenters. The first-order chi connectivity index (χ1) is 10.3. The van der Waals surface area contributed by atoms with Crippen molar-refractivity contribution in [3.8, 4) is 6.07 Å². The van der Waals surface area contributed by atoms with E-state index in [-0.39, 0.29) is 0 Å². The molecule has 6 nitrogen and oxygen atoms in total. The van der Waals surface area contributed by atoms with Gasteiger partial charge in [-0.3, -0.25) is 0 Å². The summed E-state index contributed by atoms with van der Waals surface area (Å²) in [7, 11) is 0. The first kappa shape index (κ1) is 12.6. The summed E-state index contributed by atoms with van der Waals surface area (Å²) in [6.07, 6.45) is 5.17. The summed E-state index contributed by atoms with van der Waals surface area (Å²) in [5, 5.41) is 13.6. The molecule has 0 bridgehead atoms. The summed E-state index contributed by atoms with van der Waals surface area (Å²) in [5.74, 6) is 1.09. The third kappa shape index (κ3) is 1.88. The maximum atomic E-state index is 9.18. The molecule has 2 aliphatic rings.